The van der Waals surface area contributed by atoms with Crippen molar-refractivity contribution in [3.05, 3.63) is 69.7 Å². The molecule has 3 N–H and O–H groups in total. The van der Waals surface area contributed by atoms with Crippen LogP contribution in [0.2, 0.25) is 5.02 Å². The Morgan fingerprint density at radius 2 is 1.89 bits per heavy atom. The molecule has 0 radical (unpaired) electrons. The Morgan fingerprint density at radius 3 is 2.47 bits per heavy atom. The molecule has 5 heteroatoms. The monoisotopic (exact) mass is 282 g/mol. The molecule has 1 atom stereocenters. The van der Waals surface area contributed by atoms with E-state index in [9.17, 15) is 8.78 Å². The van der Waals surface area contributed by atoms with Gasteiger partial charge in [-0.05, 0) is 41.8 Å². The molecule has 0 heterocycles. The molecule has 2 aromatic carbocycles. The maximum atomic E-state index is 13.6. The van der Waals surface area contributed by atoms with Crippen molar-refractivity contribution in [3.63, 3.8) is 0 Å². The summed E-state index contributed by atoms with van der Waals surface area (Å²) in [6.45, 7) is 1.68. The fourth-order valence-electron chi connectivity index (χ4n) is 1.89. The third-order valence-electron chi connectivity index (χ3n) is 2.97. The highest BCUT2D eigenvalue weighted by Gasteiger charge is 2.17. The summed E-state index contributed by atoms with van der Waals surface area (Å²) in [6, 6.07) is 8.32. The van der Waals surface area contributed by atoms with Gasteiger partial charge in [-0.25, -0.2) is 14.2 Å². The van der Waals surface area contributed by atoms with Crippen molar-refractivity contribution in [3.8, 4) is 0 Å². The number of halogens is 3. The van der Waals surface area contributed by atoms with E-state index in [-0.39, 0.29) is 10.8 Å². The fraction of sp³-hybridized carbons (Fsp3) is 0.143. The largest absolute Gasteiger partial charge is 0.271 e. The molecular formula is C14H13ClF2N2. The third-order valence-corrected chi connectivity index (χ3v) is 3.30. The summed E-state index contributed by atoms with van der Waals surface area (Å²) in [5.41, 5.74) is 4.33. The first kappa shape index (κ1) is 13.9. The Bertz CT molecular complexity index is 602. The summed E-state index contributed by atoms with van der Waals surface area (Å²) in [5.74, 6) is 4.75. The van der Waals surface area contributed by atoms with Gasteiger partial charge in [0.25, 0.3) is 0 Å². The molecule has 19 heavy (non-hydrogen) atoms. The molecule has 0 saturated carbocycles. The standard InChI is InChI=1S/C14H13ClF2N2/c1-8-2-3-9(6-13(8)17)14(19-18)11-5-4-10(16)7-12(11)15/h2-7,14,19H,18H2,1H3. The van der Waals surface area contributed by atoms with Crippen molar-refractivity contribution in [2.24, 2.45) is 5.84 Å². The average Bonchev–Trinajstić information content (AvgIpc) is 2.37. The Labute approximate surface area is 115 Å². The van der Waals surface area contributed by atoms with Gasteiger partial charge in [-0.1, -0.05) is 29.8 Å². The number of hydrazine groups is 1. The summed E-state index contributed by atoms with van der Waals surface area (Å²) >= 11 is 5.99. The van der Waals surface area contributed by atoms with E-state index in [1.54, 1.807) is 19.1 Å². The van der Waals surface area contributed by atoms with Gasteiger partial charge in [0.1, 0.15) is 11.6 Å². The van der Waals surface area contributed by atoms with Crippen LogP contribution in [0.25, 0.3) is 0 Å². The molecule has 0 aliphatic rings. The zero-order valence-corrected chi connectivity index (χ0v) is 11.0. The number of hydrogen-bond acceptors (Lipinski definition) is 2. The van der Waals surface area contributed by atoms with Gasteiger partial charge in [-0.3, -0.25) is 5.84 Å². The highest BCUT2D eigenvalue weighted by atomic mass is 35.5. The second kappa shape index (κ2) is 5.65. The van der Waals surface area contributed by atoms with Crippen molar-refractivity contribution in [1.29, 1.82) is 0 Å². The van der Waals surface area contributed by atoms with Crippen LogP contribution in [-0.2, 0) is 0 Å². The minimum atomic E-state index is -0.497. The molecule has 0 amide bonds. The summed E-state index contributed by atoms with van der Waals surface area (Å²) in [4.78, 5) is 0. The summed E-state index contributed by atoms with van der Waals surface area (Å²) < 4.78 is 26.6. The van der Waals surface area contributed by atoms with E-state index >= 15 is 0 Å². The zero-order valence-electron chi connectivity index (χ0n) is 10.3. The number of hydrogen-bond donors (Lipinski definition) is 2. The van der Waals surface area contributed by atoms with Crippen LogP contribution >= 0.6 is 11.6 Å². The van der Waals surface area contributed by atoms with Gasteiger partial charge in [0, 0.05) is 5.02 Å². The van der Waals surface area contributed by atoms with E-state index in [1.807, 2.05) is 0 Å². The lowest BCUT2D eigenvalue weighted by Gasteiger charge is -2.18. The Morgan fingerprint density at radius 1 is 1.16 bits per heavy atom. The SMILES string of the molecule is Cc1ccc(C(NN)c2ccc(F)cc2Cl)cc1F. The molecule has 0 saturated heterocycles. The van der Waals surface area contributed by atoms with Crippen molar-refractivity contribution < 1.29 is 8.78 Å². The maximum absolute atomic E-state index is 13.6. The Kier molecular flexibility index (Phi) is 4.14. The molecule has 0 bridgehead atoms. The van der Waals surface area contributed by atoms with Crippen LogP contribution in [0.15, 0.2) is 36.4 Å². The number of nitrogens with two attached hydrogens (primary N) is 1. The van der Waals surface area contributed by atoms with Gasteiger partial charge in [0.05, 0.1) is 6.04 Å². The second-order valence-electron chi connectivity index (χ2n) is 4.27. The van der Waals surface area contributed by atoms with E-state index in [4.69, 9.17) is 17.4 Å². The normalized spacial score (nSPS) is 12.5. The van der Waals surface area contributed by atoms with E-state index in [0.717, 1.165) is 0 Å². The van der Waals surface area contributed by atoms with Crippen molar-refractivity contribution in [2.75, 3.05) is 0 Å². The van der Waals surface area contributed by atoms with E-state index in [0.29, 0.717) is 16.7 Å². The number of rotatable bonds is 3. The summed E-state index contributed by atoms with van der Waals surface area (Å²) in [7, 11) is 0. The first-order chi connectivity index (χ1) is 9.02. The molecule has 100 valence electrons. The van der Waals surface area contributed by atoms with Crippen molar-refractivity contribution in [2.45, 2.75) is 13.0 Å². The number of nitrogens with one attached hydrogen (secondary N) is 1. The summed E-state index contributed by atoms with van der Waals surface area (Å²) in [5, 5.41) is 0.240. The van der Waals surface area contributed by atoms with E-state index in [2.05, 4.69) is 5.43 Å². The van der Waals surface area contributed by atoms with Crippen molar-refractivity contribution >= 4 is 11.6 Å². The van der Waals surface area contributed by atoms with Crippen LogP contribution in [0, 0.1) is 18.6 Å². The lowest BCUT2D eigenvalue weighted by Crippen LogP contribution is -2.29. The summed E-state index contributed by atoms with van der Waals surface area (Å²) in [6.07, 6.45) is 0. The van der Waals surface area contributed by atoms with Crippen LogP contribution in [0.5, 0.6) is 0 Å². The van der Waals surface area contributed by atoms with Crippen LogP contribution < -0.4 is 11.3 Å². The molecule has 1 unspecified atom stereocenters. The minimum Gasteiger partial charge on any atom is -0.271 e. The van der Waals surface area contributed by atoms with Crippen molar-refractivity contribution in [1.82, 2.24) is 5.43 Å². The molecule has 0 aliphatic carbocycles. The van der Waals surface area contributed by atoms with Gasteiger partial charge in [0.15, 0.2) is 0 Å². The Hall–Kier alpha value is -1.49. The average molecular weight is 283 g/mol. The predicted octanol–water partition coefficient (Wildman–Crippen LogP) is 3.48. The molecule has 0 aromatic heterocycles. The lowest BCUT2D eigenvalue weighted by molar-refractivity contribution is 0.596. The first-order valence-electron chi connectivity index (χ1n) is 5.70. The molecule has 0 fully saturated rings. The highest BCUT2D eigenvalue weighted by molar-refractivity contribution is 6.31. The molecule has 2 aromatic rings. The fourth-order valence-corrected chi connectivity index (χ4v) is 2.17. The molecule has 2 rings (SSSR count). The predicted molar refractivity (Wildman–Crippen MR) is 71.7 cm³/mol. The topological polar surface area (TPSA) is 38.0 Å². The number of aryl methyl sites for hydroxylation is 1. The molecule has 0 spiro atoms. The zero-order chi connectivity index (χ0) is 14.0. The quantitative estimate of drug-likeness (QED) is 0.668. The van der Waals surface area contributed by atoms with Crippen LogP contribution in [-0.4, -0.2) is 0 Å². The smallest absolute Gasteiger partial charge is 0.126 e. The maximum Gasteiger partial charge on any atom is 0.126 e. The first-order valence-corrected chi connectivity index (χ1v) is 6.08. The van der Waals surface area contributed by atoms with Gasteiger partial charge < -0.3 is 0 Å². The Balaban J connectivity index is 2.46. The molecule has 0 aliphatic heterocycles. The van der Waals surface area contributed by atoms with E-state index < -0.39 is 11.9 Å². The highest BCUT2D eigenvalue weighted by Crippen LogP contribution is 2.29. The van der Waals surface area contributed by atoms with Gasteiger partial charge >= 0.3 is 0 Å². The molecular weight excluding hydrogens is 270 g/mol. The van der Waals surface area contributed by atoms with Crippen LogP contribution in [0.3, 0.4) is 0 Å². The second-order valence-corrected chi connectivity index (χ2v) is 4.68. The third kappa shape index (κ3) is 2.92. The van der Waals surface area contributed by atoms with Crippen LogP contribution in [0.4, 0.5) is 8.78 Å². The van der Waals surface area contributed by atoms with Gasteiger partial charge in [-0.15, -0.1) is 0 Å². The van der Waals surface area contributed by atoms with Gasteiger partial charge in [0.2, 0.25) is 0 Å². The molecule has 2 nitrogen and oxygen atoms in total. The number of benzene rings is 2. The van der Waals surface area contributed by atoms with E-state index in [1.165, 1.54) is 24.3 Å². The minimum absolute atomic E-state index is 0.240. The van der Waals surface area contributed by atoms with Gasteiger partial charge in [-0.2, -0.15) is 0 Å². The lowest BCUT2D eigenvalue weighted by atomic mass is 9.98. The van der Waals surface area contributed by atoms with Crippen LogP contribution in [0.1, 0.15) is 22.7 Å².